The number of hydrogen-bond donors (Lipinski definition) is 1. The van der Waals surface area contributed by atoms with Gasteiger partial charge >= 0.3 is 0 Å². The fourth-order valence-corrected chi connectivity index (χ4v) is 3.52. The molecule has 0 unspecified atom stereocenters. The molecule has 1 atom stereocenters. The molecule has 1 N–H and O–H groups in total. The van der Waals surface area contributed by atoms with Crippen LogP contribution in [0.25, 0.3) is 0 Å². The van der Waals surface area contributed by atoms with Crippen molar-refractivity contribution in [2.45, 2.75) is 32.2 Å². The average Bonchev–Trinajstić information content (AvgIpc) is 3.30. The van der Waals surface area contributed by atoms with Gasteiger partial charge in [0.2, 0.25) is 5.91 Å². The van der Waals surface area contributed by atoms with Crippen molar-refractivity contribution >= 4 is 11.8 Å². The molecule has 0 radical (unpaired) electrons. The van der Waals surface area contributed by atoms with Gasteiger partial charge in [-0.2, -0.15) is 0 Å². The number of piperidine rings is 1. The van der Waals surface area contributed by atoms with E-state index in [-0.39, 0.29) is 23.4 Å². The minimum absolute atomic E-state index is 0.0213. The predicted octanol–water partition coefficient (Wildman–Crippen LogP) is 2.04. The third-order valence-electron chi connectivity index (χ3n) is 5.14. The lowest BCUT2D eigenvalue weighted by Gasteiger charge is -2.32. The van der Waals surface area contributed by atoms with Crippen LogP contribution in [0.3, 0.4) is 0 Å². The maximum atomic E-state index is 12.4. The maximum Gasteiger partial charge on any atom is 0.277 e. The van der Waals surface area contributed by atoms with E-state index in [9.17, 15) is 9.59 Å². The second-order valence-electron chi connectivity index (χ2n) is 7.05. The van der Waals surface area contributed by atoms with Gasteiger partial charge in [0.05, 0.1) is 14.2 Å². The van der Waals surface area contributed by atoms with E-state index in [4.69, 9.17) is 9.47 Å². The minimum Gasteiger partial charge on any atom is -0.497 e. The van der Waals surface area contributed by atoms with Crippen molar-refractivity contribution in [2.75, 3.05) is 27.3 Å². The number of carbonyl (C=O) groups excluding carboxylic acids is 2. The summed E-state index contributed by atoms with van der Waals surface area (Å²) in [5, 5.41) is 10.0. The van der Waals surface area contributed by atoms with Crippen LogP contribution in [0.4, 0.5) is 0 Å². The average molecular weight is 402 g/mol. The summed E-state index contributed by atoms with van der Waals surface area (Å²) in [6.07, 6.45) is 4.38. The van der Waals surface area contributed by atoms with Crippen molar-refractivity contribution in [3.8, 4) is 11.5 Å². The van der Waals surface area contributed by atoms with Crippen LogP contribution in [0.5, 0.6) is 11.5 Å². The van der Waals surface area contributed by atoms with Crippen molar-refractivity contribution in [1.82, 2.24) is 20.5 Å². The smallest absolute Gasteiger partial charge is 0.277 e. The number of nitrogens with zero attached hydrogens (tertiary/aromatic N) is 3. The van der Waals surface area contributed by atoms with Crippen LogP contribution in [0.15, 0.2) is 29.0 Å². The molecule has 0 bridgehead atoms. The molecule has 2 heterocycles. The normalized spacial score (nSPS) is 16.3. The molecule has 1 aliphatic heterocycles. The molecule has 3 rings (SSSR count). The Morgan fingerprint density at radius 1 is 1.31 bits per heavy atom. The number of nitrogens with one attached hydrogen (secondary N) is 1. The van der Waals surface area contributed by atoms with Gasteiger partial charge in [-0.3, -0.25) is 9.59 Å². The zero-order chi connectivity index (χ0) is 20.6. The summed E-state index contributed by atoms with van der Waals surface area (Å²) < 4.78 is 15.0. The Kier molecular flexibility index (Phi) is 7.04. The van der Waals surface area contributed by atoms with E-state index in [2.05, 4.69) is 20.3 Å². The number of likely N-dealkylation sites (tertiary alicyclic amines) is 1. The number of methoxy groups -OCH3 is 2. The highest BCUT2D eigenvalue weighted by Crippen LogP contribution is 2.25. The molecule has 9 heteroatoms. The van der Waals surface area contributed by atoms with Crippen molar-refractivity contribution in [2.24, 2.45) is 5.92 Å². The first-order valence-electron chi connectivity index (χ1n) is 9.65. The molecule has 0 saturated carbocycles. The van der Waals surface area contributed by atoms with E-state index in [1.807, 2.05) is 12.1 Å². The van der Waals surface area contributed by atoms with Crippen LogP contribution >= 0.6 is 0 Å². The fraction of sp³-hybridized carbons (Fsp3) is 0.500. The Labute approximate surface area is 169 Å². The first kappa shape index (κ1) is 20.6. The molecule has 0 aliphatic carbocycles. The monoisotopic (exact) mass is 402 g/mol. The Morgan fingerprint density at radius 3 is 2.90 bits per heavy atom. The highest BCUT2D eigenvalue weighted by molar-refractivity contribution is 5.91. The van der Waals surface area contributed by atoms with Gasteiger partial charge in [0.1, 0.15) is 17.7 Å². The quantitative estimate of drug-likeness (QED) is 0.720. The molecule has 1 aromatic carbocycles. The standard InChI is InChI=1S/C20H26N4O5/c1-27-16-7-6-15(18(10-16)28-2)11-21-19(25)8-5-14-4-3-9-24(13-14)20(26)17-12-22-29-23-17/h6-7,10,12,14H,3-5,8-9,11,13H2,1-2H3,(H,21,25)/t14-/m1/s1. The van der Waals surface area contributed by atoms with E-state index >= 15 is 0 Å². The van der Waals surface area contributed by atoms with E-state index in [0.29, 0.717) is 37.6 Å². The van der Waals surface area contributed by atoms with Gasteiger partial charge < -0.3 is 19.7 Å². The van der Waals surface area contributed by atoms with Crippen LogP contribution < -0.4 is 14.8 Å². The number of aromatic nitrogens is 2. The summed E-state index contributed by atoms with van der Waals surface area (Å²) in [7, 11) is 3.18. The van der Waals surface area contributed by atoms with Crippen LogP contribution in [-0.4, -0.2) is 54.3 Å². The van der Waals surface area contributed by atoms with Gasteiger partial charge in [-0.15, -0.1) is 0 Å². The zero-order valence-electron chi connectivity index (χ0n) is 16.7. The van der Waals surface area contributed by atoms with Gasteiger partial charge in [-0.05, 0) is 42.5 Å². The van der Waals surface area contributed by atoms with Crippen LogP contribution in [0, 0.1) is 5.92 Å². The summed E-state index contributed by atoms with van der Waals surface area (Å²) in [5.41, 5.74) is 1.11. The lowest BCUT2D eigenvalue weighted by Crippen LogP contribution is -2.40. The lowest BCUT2D eigenvalue weighted by atomic mass is 9.93. The molecule has 1 saturated heterocycles. The predicted molar refractivity (Wildman–Crippen MR) is 104 cm³/mol. The molecule has 0 spiro atoms. The third kappa shape index (κ3) is 5.46. The van der Waals surface area contributed by atoms with E-state index < -0.39 is 0 Å². The summed E-state index contributed by atoms with van der Waals surface area (Å²) in [6.45, 7) is 1.69. The number of amides is 2. The lowest BCUT2D eigenvalue weighted by molar-refractivity contribution is -0.121. The molecule has 9 nitrogen and oxygen atoms in total. The zero-order valence-corrected chi connectivity index (χ0v) is 16.7. The number of rotatable bonds is 8. The minimum atomic E-state index is -0.174. The van der Waals surface area contributed by atoms with Gasteiger partial charge in [0.25, 0.3) is 5.91 Å². The summed E-state index contributed by atoms with van der Waals surface area (Å²) >= 11 is 0. The van der Waals surface area contributed by atoms with Crippen molar-refractivity contribution in [1.29, 1.82) is 0 Å². The maximum absolute atomic E-state index is 12.4. The SMILES string of the molecule is COc1ccc(CNC(=O)CC[C@H]2CCCN(C(=O)c3cnon3)C2)c(OC)c1. The van der Waals surface area contributed by atoms with Crippen molar-refractivity contribution in [3.05, 3.63) is 35.7 Å². The first-order valence-corrected chi connectivity index (χ1v) is 9.65. The van der Waals surface area contributed by atoms with Gasteiger partial charge in [-0.1, -0.05) is 5.16 Å². The number of benzene rings is 1. The molecule has 1 fully saturated rings. The van der Waals surface area contributed by atoms with Crippen LogP contribution in [0.1, 0.15) is 41.7 Å². The van der Waals surface area contributed by atoms with Gasteiger partial charge in [-0.25, -0.2) is 4.63 Å². The number of hydrogen-bond acceptors (Lipinski definition) is 7. The molecule has 1 aromatic heterocycles. The molecule has 29 heavy (non-hydrogen) atoms. The summed E-state index contributed by atoms with van der Waals surface area (Å²) in [4.78, 5) is 26.4. The Bertz CT molecular complexity index is 824. The summed E-state index contributed by atoms with van der Waals surface area (Å²) in [5.74, 6) is 1.47. The number of ether oxygens (including phenoxy) is 2. The second kappa shape index (κ2) is 9.90. The summed E-state index contributed by atoms with van der Waals surface area (Å²) in [6, 6.07) is 5.50. The largest absolute Gasteiger partial charge is 0.497 e. The second-order valence-corrected chi connectivity index (χ2v) is 7.05. The number of carbonyl (C=O) groups is 2. The molecular formula is C20H26N4O5. The Hall–Kier alpha value is -3.10. The molecular weight excluding hydrogens is 376 g/mol. The Balaban J connectivity index is 1.45. The Morgan fingerprint density at radius 2 is 2.17 bits per heavy atom. The molecule has 2 amide bonds. The fourth-order valence-electron chi connectivity index (χ4n) is 3.52. The van der Waals surface area contributed by atoms with E-state index in [1.165, 1.54) is 6.20 Å². The van der Waals surface area contributed by atoms with Crippen molar-refractivity contribution in [3.63, 3.8) is 0 Å². The first-order chi connectivity index (χ1) is 14.1. The third-order valence-corrected chi connectivity index (χ3v) is 5.14. The van der Waals surface area contributed by atoms with Crippen molar-refractivity contribution < 1.29 is 23.7 Å². The highest BCUT2D eigenvalue weighted by atomic mass is 16.6. The van der Waals surface area contributed by atoms with E-state index in [0.717, 1.165) is 24.8 Å². The highest BCUT2D eigenvalue weighted by Gasteiger charge is 2.26. The van der Waals surface area contributed by atoms with Crippen LogP contribution in [0.2, 0.25) is 0 Å². The topological polar surface area (TPSA) is 107 Å². The molecule has 2 aromatic rings. The van der Waals surface area contributed by atoms with Gasteiger partial charge in [0.15, 0.2) is 5.69 Å². The molecule has 156 valence electrons. The van der Waals surface area contributed by atoms with Gasteiger partial charge in [0, 0.05) is 37.7 Å². The van der Waals surface area contributed by atoms with Crippen LogP contribution in [-0.2, 0) is 11.3 Å². The van der Waals surface area contributed by atoms with E-state index in [1.54, 1.807) is 25.2 Å². The molecule has 1 aliphatic rings.